The van der Waals surface area contributed by atoms with Crippen molar-refractivity contribution in [3.05, 3.63) is 59.4 Å². The molecule has 106 valence electrons. The van der Waals surface area contributed by atoms with Crippen LogP contribution in [0, 0.1) is 0 Å². The van der Waals surface area contributed by atoms with Gasteiger partial charge in [-0.2, -0.15) is 13.2 Å². The Morgan fingerprint density at radius 2 is 1.75 bits per heavy atom. The van der Waals surface area contributed by atoms with Crippen molar-refractivity contribution in [2.24, 2.45) is 0 Å². The molecule has 2 rings (SSSR count). The molecule has 0 amide bonds. The van der Waals surface area contributed by atoms with Crippen molar-refractivity contribution in [2.75, 3.05) is 7.11 Å². The second-order valence-corrected chi connectivity index (χ2v) is 4.15. The van der Waals surface area contributed by atoms with E-state index in [1.807, 2.05) is 0 Å². The molecule has 1 N–H and O–H groups in total. The van der Waals surface area contributed by atoms with Crippen molar-refractivity contribution in [3.63, 3.8) is 0 Å². The maximum atomic E-state index is 12.4. The van der Waals surface area contributed by atoms with Gasteiger partial charge in [0.05, 0.1) is 18.4 Å². The van der Waals surface area contributed by atoms with Gasteiger partial charge in [0.15, 0.2) is 0 Å². The number of aliphatic hydroxyl groups excluding tert-OH is 1. The predicted molar refractivity (Wildman–Crippen MR) is 66.3 cm³/mol. The van der Waals surface area contributed by atoms with Crippen molar-refractivity contribution in [2.45, 2.75) is 12.3 Å². The number of rotatable bonds is 3. The van der Waals surface area contributed by atoms with Crippen LogP contribution in [0.5, 0.6) is 5.75 Å². The molecule has 0 aliphatic rings. The fraction of sp³-hybridized carbons (Fsp3) is 0.214. The average molecular weight is 283 g/mol. The number of hydrogen-bond acceptors (Lipinski definition) is 3. The number of hydrogen-bond donors (Lipinski definition) is 1. The summed E-state index contributed by atoms with van der Waals surface area (Å²) in [4.78, 5) is 3.66. The number of ether oxygens (including phenoxy) is 1. The number of benzene rings is 1. The van der Waals surface area contributed by atoms with E-state index in [4.69, 9.17) is 4.74 Å². The van der Waals surface area contributed by atoms with E-state index in [2.05, 4.69) is 4.98 Å². The minimum atomic E-state index is -4.43. The highest BCUT2D eigenvalue weighted by Gasteiger charge is 2.30. The van der Waals surface area contributed by atoms with Gasteiger partial charge >= 0.3 is 6.18 Å². The van der Waals surface area contributed by atoms with Gasteiger partial charge in [0.2, 0.25) is 0 Å². The minimum absolute atomic E-state index is 0.156. The average Bonchev–Trinajstić information content (AvgIpc) is 2.46. The summed E-state index contributed by atoms with van der Waals surface area (Å²) >= 11 is 0. The Labute approximate surface area is 113 Å². The van der Waals surface area contributed by atoms with E-state index >= 15 is 0 Å². The van der Waals surface area contributed by atoms with Crippen LogP contribution in [0.25, 0.3) is 0 Å². The molecule has 0 radical (unpaired) electrons. The van der Waals surface area contributed by atoms with Crippen LogP contribution < -0.4 is 4.74 Å². The van der Waals surface area contributed by atoms with Gasteiger partial charge in [-0.3, -0.25) is 4.98 Å². The molecule has 1 unspecified atom stereocenters. The van der Waals surface area contributed by atoms with E-state index in [1.54, 1.807) is 24.3 Å². The Bertz CT molecular complexity index is 564. The van der Waals surface area contributed by atoms with Gasteiger partial charge < -0.3 is 9.84 Å². The molecule has 0 fully saturated rings. The number of halogens is 3. The summed E-state index contributed by atoms with van der Waals surface area (Å²) in [5.41, 5.74) is -0.163. The first kappa shape index (κ1) is 14.3. The second kappa shape index (κ2) is 5.50. The number of aromatic nitrogens is 1. The molecule has 1 atom stereocenters. The molecule has 3 nitrogen and oxygen atoms in total. The standard InChI is InChI=1S/C14H12F3NO2/c1-20-11-5-2-9(3-6-11)13(19)12-7-4-10(8-18-12)14(15,16)17/h2-8,13,19H,1H3. The quantitative estimate of drug-likeness (QED) is 0.940. The number of methoxy groups -OCH3 is 1. The summed E-state index contributed by atoms with van der Waals surface area (Å²) in [5.74, 6) is 0.626. The molecule has 1 aromatic heterocycles. The number of alkyl halides is 3. The second-order valence-electron chi connectivity index (χ2n) is 4.15. The van der Waals surface area contributed by atoms with Gasteiger partial charge in [0.25, 0.3) is 0 Å². The lowest BCUT2D eigenvalue weighted by atomic mass is 10.1. The normalized spacial score (nSPS) is 13.1. The maximum Gasteiger partial charge on any atom is 0.417 e. The molecular formula is C14H12F3NO2. The lowest BCUT2D eigenvalue weighted by Gasteiger charge is -2.12. The van der Waals surface area contributed by atoms with Crippen molar-refractivity contribution in [1.82, 2.24) is 4.98 Å². The van der Waals surface area contributed by atoms with Gasteiger partial charge in [-0.15, -0.1) is 0 Å². The van der Waals surface area contributed by atoms with Gasteiger partial charge in [0, 0.05) is 6.20 Å². The molecule has 0 aliphatic heterocycles. The fourth-order valence-corrected chi connectivity index (χ4v) is 1.69. The SMILES string of the molecule is COc1ccc(C(O)c2ccc(C(F)(F)F)cn2)cc1. The number of pyridine rings is 1. The molecule has 0 saturated carbocycles. The van der Waals surface area contributed by atoms with Crippen LogP contribution in [-0.2, 0) is 6.18 Å². The third-order valence-corrected chi connectivity index (χ3v) is 2.83. The van der Waals surface area contributed by atoms with Gasteiger partial charge in [-0.05, 0) is 29.8 Å². The van der Waals surface area contributed by atoms with Crippen molar-refractivity contribution < 1.29 is 23.0 Å². The largest absolute Gasteiger partial charge is 0.497 e. The first-order chi connectivity index (χ1) is 9.41. The van der Waals surface area contributed by atoms with E-state index in [9.17, 15) is 18.3 Å². The lowest BCUT2D eigenvalue weighted by Crippen LogP contribution is -2.08. The summed E-state index contributed by atoms with van der Waals surface area (Å²) < 4.78 is 42.2. The summed E-state index contributed by atoms with van der Waals surface area (Å²) in [6, 6.07) is 8.63. The molecule has 1 heterocycles. The van der Waals surface area contributed by atoms with Gasteiger partial charge in [0.1, 0.15) is 11.9 Å². The molecule has 0 saturated heterocycles. The zero-order valence-electron chi connectivity index (χ0n) is 10.6. The van der Waals surface area contributed by atoms with Crippen LogP contribution in [0.15, 0.2) is 42.6 Å². The molecule has 0 spiro atoms. The van der Waals surface area contributed by atoms with Crippen LogP contribution in [0.2, 0.25) is 0 Å². The summed E-state index contributed by atoms with van der Waals surface area (Å²) in [5, 5.41) is 10.1. The highest BCUT2D eigenvalue weighted by Crippen LogP contribution is 2.30. The fourth-order valence-electron chi connectivity index (χ4n) is 1.69. The van der Waals surface area contributed by atoms with E-state index < -0.39 is 17.8 Å². The Kier molecular flexibility index (Phi) is 3.94. The van der Waals surface area contributed by atoms with E-state index in [1.165, 1.54) is 7.11 Å². The molecule has 20 heavy (non-hydrogen) atoms. The van der Waals surface area contributed by atoms with Crippen molar-refractivity contribution in [1.29, 1.82) is 0 Å². The van der Waals surface area contributed by atoms with E-state index in [0.717, 1.165) is 12.1 Å². The first-order valence-corrected chi connectivity index (χ1v) is 5.77. The van der Waals surface area contributed by atoms with Gasteiger partial charge in [-0.1, -0.05) is 12.1 Å². The zero-order chi connectivity index (χ0) is 14.8. The molecule has 2 aromatic rings. The zero-order valence-corrected chi connectivity index (χ0v) is 10.6. The van der Waals surface area contributed by atoms with Gasteiger partial charge in [-0.25, -0.2) is 0 Å². The topological polar surface area (TPSA) is 42.4 Å². The number of aliphatic hydroxyl groups is 1. The van der Waals surface area contributed by atoms with Crippen LogP contribution in [-0.4, -0.2) is 17.2 Å². The summed E-state index contributed by atoms with van der Waals surface area (Å²) in [6.07, 6.45) is -4.80. The molecule has 0 bridgehead atoms. The summed E-state index contributed by atoms with van der Waals surface area (Å²) in [6.45, 7) is 0. The molecule has 6 heteroatoms. The lowest BCUT2D eigenvalue weighted by molar-refractivity contribution is -0.137. The molecule has 1 aromatic carbocycles. The van der Waals surface area contributed by atoms with Crippen molar-refractivity contribution in [3.8, 4) is 5.75 Å². The Morgan fingerprint density at radius 3 is 2.20 bits per heavy atom. The smallest absolute Gasteiger partial charge is 0.417 e. The van der Waals surface area contributed by atoms with Crippen LogP contribution >= 0.6 is 0 Å². The third-order valence-electron chi connectivity index (χ3n) is 2.83. The van der Waals surface area contributed by atoms with Crippen LogP contribution in [0.3, 0.4) is 0 Å². The van der Waals surface area contributed by atoms with Crippen LogP contribution in [0.1, 0.15) is 22.9 Å². The van der Waals surface area contributed by atoms with E-state index in [-0.39, 0.29) is 5.69 Å². The maximum absolute atomic E-state index is 12.4. The first-order valence-electron chi connectivity index (χ1n) is 5.77. The predicted octanol–water partition coefficient (Wildman–Crippen LogP) is 3.19. The monoisotopic (exact) mass is 283 g/mol. The highest BCUT2D eigenvalue weighted by atomic mass is 19.4. The third kappa shape index (κ3) is 3.08. The Hall–Kier alpha value is -2.08. The van der Waals surface area contributed by atoms with E-state index in [0.29, 0.717) is 17.5 Å². The minimum Gasteiger partial charge on any atom is -0.497 e. The van der Waals surface area contributed by atoms with Crippen LogP contribution in [0.4, 0.5) is 13.2 Å². The molecule has 0 aliphatic carbocycles. The Balaban J connectivity index is 2.22. The number of nitrogens with zero attached hydrogens (tertiary/aromatic N) is 1. The van der Waals surface area contributed by atoms with Crippen molar-refractivity contribution >= 4 is 0 Å². The Morgan fingerprint density at radius 1 is 1.10 bits per heavy atom. The highest BCUT2D eigenvalue weighted by molar-refractivity contribution is 5.32. The molecular weight excluding hydrogens is 271 g/mol. The summed E-state index contributed by atoms with van der Waals surface area (Å²) in [7, 11) is 1.52.